The number of alkyl halides is 3. The lowest BCUT2D eigenvalue weighted by Crippen LogP contribution is -2.73. The minimum Gasteiger partial charge on any atom is -0.352 e. The molecule has 0 aromatic heterocycles. The van der Waals surface area contributed by atoms with Crippen molar-refractivity contribution in [1.82, 2.24) is 15.1 Å². The first-order valence-electron chi connectivity index (χ1n) is 7.76. The van der Waals surface area contributed by atoms with E-state index in [1.165, 1.54) is 4.90 Å². The predicted octanol–water partition coefficient (Wildman–Crippen LogP) is 2.32. The van der Waals surface area contributed by atoms with Crippen LogP contribution in [-0.4, -0.2) is 66.7 Å². The standard InChI is InChI=1S/C15H27F3N4/c1-13(2)9-22(14(13,3)4)12(19-5)20-11-6-7-21(8-11)10-15(16,17)18/h11H,6-10H2,1-5H3,(H,19,20). The highest BCUT2D eigenvalue weighted by molar-refractivity contribution is 5.82. The third-order valence-corrected chi connectivity index (χ3v) is 5.36. The van der Waals surface area contributed by atoms with Crippen molar-refractivity contribution in [2.45, 2.75) is 51.9 Å². The average Bonchev–Trinajstić information content (AvgIpc) is 2.78. The highest BCUT2D eigenvalue weighted by atomic mass is 19.4. The maximum Gasteiger partial charge on any atom is 0.401 e. The van der Waals surface area contributed by atoms with Gasteiger partial charge >= 0.3 is 6.18 Å². The zero-order valence-electron chi connectivity index (χ0n) is 14.1. The topological polar surface area (TPSA) is 30.9 Å². The normalized spacial score (nSPS) is 28.6. The van der Waals surface area contributed by atoms with Crippen LogP contribution in [0.5, 0.6) is 0 Å². The molecule has 2 aliphatic heterocycles. The molecule has 2 aliphatic rings. The van der Waals surface area contributed by atoms with Crippen LogP contribution in [0.4, 0.5) is 13.2 Å². The van der Waals surface area contributed by atoms with Gasteiger partial charge in [-0.3, -0.25) is 9.89 Å². The second kappa shape index (κ2) is 5.58. The summed E-state index contributed by atoms with van der Waals surface area (Å²) in [6, 6.07) is 0.0283. The summed E-state index contributed by atoms with van der Waals surface area (Å²) in [5.41, 5.74) is 0.182. The Morgan fingerprint density at radius 3 is 2.36 bits per heavy atom. The van der Waals surface area contributed by atoms with Gasteiger partial charge in [-0.15, -0.1) is 0 Å². The Balaban J connectivity index is 1.91. The smallest absolute Gasteiger partial charge is 0.352 e. The van der Waals surface area contributed by atoms with Gasteiger partial charge in [0.1, 0.15) is 0 Å². The van der Waals surface area contributed by atoms with Gasteiger partial charge in [0.05, 0.1) is 6.54 Å². The molecule has 2 rings (SSSR count). The van der Waals surface area contributed by atoms with E-state index in [2.05, 4.69) is 42.9 Å². The lowest BCUT2D eigenvalue weighted by Gasteiger charge is -2.62. The largest absolute Gasteiger partial charge is 0.401 e. The lowest BCUT2D eigenvalue weighted by atomic mass is 9.65. The van der Waals surface area contributed by atoms with Gasteiger partial charge in [0.2, 0.25) is 0 Å². The molecule has 0 aromatic carbocycles. The molecule has 0 spiro atoms. The zero-order chi connectivity index (χ0) is 16.8. The number of nitrogens with zero attached hydrogens (tertiary/aromatic N) is 3. The number of guanidine groups is 1. The van der Waals surface area contributed by atoms with Crippen molar-refractivity contribution < 1.29 is 13.2 Å². The van der Waals surface area contributed by atoms with Crippen LogP contribution in [0.1, 0.15) is 34.1 Å². The van der Waals surface area contributed by atoms with E-state index in [-0.39, 0.29) is 17.0 Å². The number of rotatable bonds is 2. The molecule has 0 amide bonds. The van der Waals surface area contributed by atoms with Gasteiger partial charge in [0.15, 0.2) is 5.96 Å². The Labute approximate surface area is 130 Å². The molecule has 2 fully saturated rings. The molecule has 128 valence electrons. The maximum absolute atomic E-state index is 12.4. The van der Waals surface area contributed by atoms with Crippen molar-refractivity contribution in [3.05, 3.63) is 0 Å². The van der Waals surface area contributed by atoms with Gasteiger partial charge < -0.3 is 10.2 Å². The summed E-state index contributed by atoms with van der Waals surface area (Å²) < 4.78 is 37.3. The molecule has 2 heterocycles. The predicted molar refractivity (Wildman–Crippen MR) is 82.0 cm³/mol. The molecule has 4 nitrogen and oxygen atoms in total. The number of halogens is 3. The summed E-state index contributed by atoms with van der Waals surface area (Å²) in [7, 11) is 1.73. The van der Waals surface area contributed by atoms with Gasteiger partial charge in [-0.25, -0.2) is 0 Å². The van der Waals surface area contributed by atoms with Crippen molar-refractivity contribution in [2.75, 3.05) is 33.2 Å². The average molecular weight is 320 g/mol. The SMILES string of the molecule is CN=C(NC1CCN(CC(F)(F)F)C1)N1CC(C)(C)C1(C)C. The molecule has 0 saturated carbocycles. The van der Waals surface area contributed by atoms with E-state index in [0.29, 0.717) is 19.5 Å². The Morgan fingerprint density at radius 2 is 1.91 bits per heavy atom. The van der Waals surface area contributed by atoms with Crippen molar-refractivity contribution in [3.63, 3.8) is 0 Å². The quantitative estimate of drug-likeness (QED) is 0.626. The highest BCUT2D eigenvalue weighted by Crippen LogP contribution is 2.46. The van der Waals surface area contributed by atoms with E-state index in [1.54, 1.807) is 7.05 Å². The Morgan fingerprint density at radius 1 is 1.27 bits per heavy atom. The Bertz CT molecular complexity index is 443. The summed E-state index contributed by atoms with van der Waals surface area (Å²) in [6.45, 7) is 9.75. The van der Waals surface area contributed by atoms with E-state index in [1.807, 2.05) is 0 Å². The first kappa shape index (κ1) is 17.4. The maximum atomic E-state index is 12.4. The van der Waals surface area contributed by atoms with Gasteiger partial charge in [0.25, 0.3) is 0 Å². The van der Waals surface area contributed by atoms with Crippen LogP contribution in [-0.2, 0) is 0 Å². The number of nitrogens with one attached hydrogen (secondary N) is 1. The molecular weight excluding hydrogens is 293 g/mol. The van der Waals surface area contributed by atoms with E-state index < -0.39 is 12.7 Å². The van der Waals surface area contributed by atoms with Crippen LogP contribution in [0, 0.1) is 5.41 Å². The van der Waals surface area contributed by atoms with E-state index in [4.69, 9.17) is 0 Å². The van der Waals surface area contributed by atoms with Crippen LogP contribution >= 0.6 is 0 Å². The molecular formula is C15H27F3N4. The summed E-state index contributed by atoms with van der Waals surface area (Å²) in [6.07, 6.45) is -3.41. The van der Waals surface area contributed by atoms with Crippen LogP contribution in [0.25, 0.3) is 0 Å². The molecule has 7 heteroatoms. The summed E-state index contributed by atoms with van der Waals surface area (Å²) in [4.78, 5) is 7.99. The first-order valence-corrected chi connectivity index (χ1v) is 7.76. The zero-order valence-corrected chi connectivity index (χ0v) is 14.1. The number of aliphatic imine (C=N–C) groups is 1. The third kappa shape index (κ3) is 3.34. The molecule has 1 N–H and O–H groups in total. The highest BCUT2D eigenvalue weighted by Gasteiger charge is 2.54. The summed E-state index contributed by atoms with van der Waals surface area (Å²) in [5.74, 6) is 0.795. The minimum absolute atomic E-state index is 0.0148. The summed E-state index contributed by atoms with van der Waals surface area (Å²) >= 11 is 0. The molecule has 2 saturated heterocycles. The Kier molecular flexibility index (Phi) is 4.41. The summed E-state index contributed by atoms with van der Waals surface area (Å²) in [5, 5.41) is 3.34. The fourth-order valence-electron chi connectivity index (χ4n) is 3.19. The van der Waals surface area contributed by atoms with Crippen molar-refractivity contribution in [3.8, 4) is 0 Å². The van der Waals surface area contributed by atoms with Crippen molar-refractivity contribution in [1.29, 1.82) is 0 Å². The lowest BCUT2D eigenvalue weighted by molar-refractivity contribution is -0.143. The molecule has 0 bridgehead atoms. The number of likely N-dealkylation sites (tertiary alicyclic amines) is 2. The third-order valence-electron chi connectivity index (χ3n) is 5.36. The Hall–Kier alpha value is -0.980. The van der Waals surface area contributed by atoms with Gasteiger partial charge in [-0.05, 0) is 20.3 Å². The molecule has 0 aliphatic carbocycles. The van der Waals surface area contributed by atoms with Gasteiger partial charge in [-0.1, -0.05) is 13.8 Å². The fraction of sp³-hybridized carbons (Fsp3) is 0.933. The number of hydrogen-bond donors (Lipinski definition) is 1. The minimum atomic E-state index is -4.12. The van der Waals surface area contributed by atoms with Crippen LogP contribution in [0.3, 0.4) is 0 Å². The second-order valence-corrected chi connectivity index (χ2v) is 7.56. The van der Waals surface area contributed by atoms with Crippen molar-refractivity contribution in [2.24, 2.45) is 10.4 Å². The molecule has 0 aromatic rings. The second-order valence-electron chi connectivity index (χ2n) is 7.56. The molecule has 22 heavy (non-hydrogen) atoms. The molecule has 1 atom stereocenters. The molecule has 1 unspecified atom stereocenters. The molecule has 0 radical (unpaired) electrons. The monoisotopic (exact) mass is 320 g/mol. The number of hydrogen-bond acceptors (Lipinski definition) is 2. The van der Waals surface area contributed by atoms with Crippen LogP contribution in [0.15, 0.2) is 4.99 Å². The van der Waals surface area contributed by atoms with E-state index >= 15 is 0 Å². The van der Waals surface area contributed by atoms with E-state index in [9.17, 15) is 13.2 Å². The van der Waals surface area contributed by atoms with Crippen molar-refractivity contribution >= 4 is 5.96 Å². The van der Waals surface area contributed by atoms with Gasteiger partial charge in [-0.2, -0.15) is 13.2 Å². The van der Waals surface area contributed by atoms with Crippen LogP contribution in [0.2, 0.25) is 0 Å². The fourth-order valence-corrected chi connectivity index (χ4v) is 3.19. The van der Waals surface area contributed by atoms with E-state index in [0.717, 1.165) is 12.5 Å². The van der Waals surface area contributed by atoms with Gasteiger partial charge in [0, 0.05) is 43.7 Å². The first-order chi connectivity index (χ1) is 9.96. The van der Waals surface area contributed by atoms with Crippen LogP contribution < -0.4 is 5.32 Å².